The SMILES string of the molecule is C[C@@H](OC(=O)c1ccc[nH]1)C(=O)Nc1ccc(Cl)cc1F. The maximum Gasteiger partial charge on any atom is 0.355 e. The highest BCUT2D eigenvalue weighted by atomic mass is 35.5. The lowest BCUT2D eigenvalue weighted by Crippen LogP contribution is -2.30. The van der Waals surface area contributed by atoms with Gasteiger partial charge in [0.2, 0.25) is 0 Å². The van der Waals surface area contributed by atoms with Crippen LogP contribution in [0.3, 0.4) is 0 Å². The Morgan fingerprint density at radius 2 is 2.14 bits per heavy atom. The van der Waals surface area contributed by atoms with Crippen molar-refractivity contribution in [3.63, 3.8) is 0 Å². The summed E-state index contributed by atoms with van der Waals surface area (Å²) in [4.78, 5) is 26.2. The van der Waals surface area contributed by atoms with Crippen LogP contribution < -0.4 is 5.32 Å². The molecular weight excluding hydrogens is 299 g/mol. The second-order valence-corrected chi connectivity index (χ2v) is 4.68. The van der Waals surface area contributed by atoms with Crippen LogP contribution in [0, 0.1) is 5.82 Å². The Morgan fingerprint density at radius 3 is 2.76 bits per heavy atom. The van der Waals surface area contributed by atoms with Crippen LogP contribution in [0.4, 0.5) is 10.1 Å². The lowest BCUT2D eigenvalue weighted by molar-refractivity contribution is -0.123. The molecule has 0 saturated heterocycles. The number of halogens is 2. The highest BCUT2D eigenvalue weighted by molar-refractivity contribution is 6.30. The fourth-order valence-corrected chi connectivity index (χ4v) is 1.72. The number of anilines is 1. The van der Waals surface area contributed by atoms with Gasteiger partial charge in [0.15, 0.2) is 6.10 Å². The summed E-state index contributed by atoms with van der Waals surface area (Å²) in [5, 5.41) is 2.55. The van der Waals surface area contributed by atoms with Gasteiger partial charge in [0.25, 0.3) is 5.91 Å². The first-order valence-electron chi connectivity index (χ1n) is 6.07. The molecule has 2 aromatic rings. The highest BCUT2D eigenvalue weighted by Crippen LogP contribution is 2.19. The zero-order chi connectivity index (χ0) is 15.4. The average Bonchev–Trinajstić information content (AvgIpc) is 2.95. The number of benzene rings is 1. The molecule has 1 atom stereocenters. The molecule has 0 aliphatic heterocycles. The van der Waals surface area contributed by atoms with Crippen LogP contribution in [0.2, 0.25) is 5.02 Å². The molecule has 0 aliphatic carbocycles. The maximum absolute atomic E-state index is 13.5. The molecular formula is C14H12ClFN2O3. The van der Waals surface area contributed by atoms with E-state index in [1.807, 2.05) is 0 Å². The average molecular weight is 311 g/mol. The van der Waals surface area contributed by atoms with Gasteiger partial charge in [-0.05, 0) is 37.3 Å². The minimum atomic E-state index is -1.07. The van der Waals surface area contributed by atoms with Gasteiger partial charge >= 0.3 is 5.97 Å². The molecule has 110 valence electrons. The quantitative estimate of drug-likeness (QED) is 0.853. The number of nitrogens with one attached hydrogen (secondary N) is 2. The van der Waals surface area contributed by atoms with E-state index in [1.165, 1.54) is 25.1 Å². The van der Waals surface area contributed by atoms with E-state index in [9.17, 15) is 14.0 Å². The third-order valence-electron chi connectivity index (χ3n) is 2.66. The van der Waals surface area contributed by atoms with E-state index in [0.717, 1.165) is 6.07 Å². The summed E-state index contributed by atoms with van der Waals surface area (Å²) in [5.74, 6) is -1.98. The second kappa shape index (κ2) is 6.41. The first kappa shape index (κ1) is 15.1. The zero-order valence-corrected chi connectivity index (χ0v) is 11.8. The van der Waals surface area contributed by atoms with E-state index in [0.29, 0.717) is 0 Å². The molecule has 1 aromatic carbocycles. The Hall–Kier alpha value is -2.34. The van der Waals surface area contributed by atoms with E-state index in [4.69, 9.17) is 16.3 Å². The normalized spacial score (nSPS) is 11.8. The number of aromatic amines is 1. The Bertz CT molecular complexity index is 658. The molecule has 0 unspecified atom stereocenters. The monoisotopic (exact) mass is 310 g/mol. The van der Waals surface area contributed by atoms with Gasteiger partial charge in [-0.25, -0.2) is 9.18 Å². The summed E-state index contributed by atoms with van der Waals surface area (Å²) in [6.45, 7) is 1.39. The van der Waals surface area contributed by atoms with Gasteiger partial charge in [-0.15, -0.1) is 0 Å². The molecule has 0 aliphatic rings. The number of carbonyl (C=O) groups excluding carboxylic acids is 2. The van der Waals surface area contributed by atoms with Gasteiger partial charge in [-0.1, -0.05) is 11.6 Å². The number of aromatic nitrogens is 1. The molecule has 0 radical (unpaired) electrons. The zero-order valence-electron chi connectivity index (χ0n) is 11.0. The number of rotatable bonds is 4. The largest absolute Gasteiger partial charge is 0.448 e. The number of hydrogen-bond donors (Lipinski definition) is 2. The minimum absolute atomic E-state index is 0.0350. The van der Waals surface area contributed by atoms with Crippen molar-refractivity contribution in [3.05, 3.63) is 53.1 Å². The smallest absolute Gasteiger partial charge is 0.355 e. The standard InChI is InChI=1S/C14H12ClFN2O3/c1-8(21-14(20)12-3-2-6-17-12)13(19)18-11-5-4-9(15)7-10(11)16/h2-8,17H,1H3,(H,18,19)/t8-/m1/s1. The first-order valence-corrected chi connectivity index (χ1v) is 6.45. The van der Waals surface area contributed by atoms with E-state index < -0.39 is 23.8 Å². The number of ether oxygens (including phenoxy) is 1. The lowest BCUT2D eigenvalue weighted by atomic mass is 10.3. The molecule has 2 rings (SSSR count). The number of amides is 1. The van der Waals surface area contributed by atoms with E-state index >= 15 is 0 Å². The summed E-state index contributed by atoms with van der Waals surface area (Å²) in [6, 6.07) is 6.99. The molecule has 1 heterocycles. The highest BCUT2D eigenvalue weighted by Gasteiger charge is 2.20. The molecule has 1 aromatic heterocycles. The Kier molecular flexibility index (Phi) is 4.59. The molecule has 0 spiro atoms. The summed E-state index contributed by atoms with van der Waals surface area (Å²) in [7, 11) is 0. The fourth-order valence-electron chi connectivity index (χ4n) is 1.56. The number of hydrogen-bond acceptors (Lipinski definition) is 3. The van der Waals surface area contributed by atoms with Crippen molar-refractivity contribution < 1.29 is 18.7 Å². The van der Waals surface area contributed by atoms with E-state index in [-0.39, 0.29) is 16.4 Å². The molecule has 1 amide bonds. The Balaban J connectivity index is 1.98. The van der Waals surface area contributed by atoms with Crippen LogP contribution in [0.15, 0.2) is 36.5 Å². The molecule has 5 nitrogen and oxygen atoms in total. The maximum atomic E-state index is 13.5. The van der Waals surface area contributed by atoms with Crippen molar-refractivity contribution >= 4 is 29.2 Å². The van der Waals surface area contributed by atoms with Crippen molar-refractivity contribution in [1.29, 1.82) is 0 Å². The van der Waals surface area contributed by atoms with Crippen LogP contribution in [0.25, 0.3) is 0 Å². The van der Waals surface area contributed by atoms with Gasteiger partial charge in [-0.3, -0.25) is 4.79 Å². The van der Waals surface area contributed by atoms with Crippen LogP contribution in [-0.4, -0.2) is 23.0 Å². The third-order valence-corrected chi connectivity index (χ3v) is 2.90. The van der Waals surface area contributed by atoms with Crippen molar-refractivity contribution in [2.45, 2.75) is 13.0 Å². The number of esters is 1. The molecule has 7 heteroatoms. The van der Waals surface area contributed by atoms with Crippen LogP contribution >= 0.6 is 11.6 Å². The lowest BCUT2D eigenvalue weighted by Gasteiger charge is -2.13. The summed E-state index contributed by atoms with van der Waals surface area (Å²) < 4.78 is 18.5. The topological polar surface area (TPSA) is 71.2 Å². The van der Waals surface area contributed by atoms with Crippen molar-refractivity contribution in [3.8, 4) is 0 Å². The van der Waals surface area contributed by atoms with Crippen molar-refractivity contribution in [2.24, 2.45) is 0 Å². The van der Waals surface area contributed by atoms with Crippen LogP contribution in [0.5, 0.6) is 0 Å². The molecule has 21 heavy (non-hydrogen) atoms. The van der Waals surface area contributed by atoms with Gasteiger partial charge in [-0.2, -0.15) is 0 Å². The van der Waals surface area contributed by atoms with Crippen molar-refractivity contribution in [2.75, 3.05) is 5.32 Å². The van der Waals surface area contributed by atoms with E-state index in [2.05, 4.69) is 10.3 Å². The second-order valence-electron chi connectivity index (χ2n) is 4.24. The van der Waals surface area contributed by atoms with Gasteiger partial charge in [0.05, 0.1) is 5.69 Å². The third kappa shape index (κ3) is 3.82. The predicted molar refractivity (Wildman–Crippen MR) is 75.7 cm³/mol. The predicted octanol–water partition coefficient (Wildman–Crippen LogP) is 2.99. The molecule has 0 bridgehead atoms. The van der Waals surface area contributed by atoms with Crippen LogP contribution in [0.1, 0.15) is 17.4 Å². The molecule has 0 saturated carbocycles. The number of H-pyrrole nitrogens is 1. The fraction of sp³-hybridized carbons (Fsp3) is 0.143. The molecule has 2 N–H and O–H groups in total. The first-order chi connectivity index (χ1) is 9.97. The summed E-state index contributed by atoms with van der Waals surface area (Å²) in [6.07, 6.45) is 0.487. The van der Waals surface area contributed by atoms with Crippen molar-refractivity contribution in [1.82, 2.24) is 4.98 Å². The minimum Gasteiger partial charge on any atom is -0.448 e. The van der Waals surface area contributed by atoms with Gasteiger partial charge in [0.1, 0.15) is 11.5 Å². The van der Waals surface area contributed by atoms with Gasteiger partial charge < -0.3 is 15.0 Å². The van der Waals surface area contributed by atoms with E-state index in [1.54, 1.807) is 12.3 Å². The Morgan fingerprint density at radius 1 is 1.38 bits per heavy atom. The Labute approximate surface area is 125 Å². The van der Waals surface area contributed by atoms with Gasteiger partial charge in [0, 0.05) is 11.2 Å². The summed E-state index contributed by atoms with van der Waals surface area (Å²) in [5.41, 5.74) is 0.194. The molecule has 0 fully saturated rings. The summed E-state index contributed by atoms with van der Waals surface area (Å²) >= 11 is 5.62. The van der Waals surface area contributed by atoms with Crippen LogP contribution in [-0.2, 0) is 9.53 Å². The number of carbonyl (C=O) groups is 2.